The van der Waals surface area contributed by atoms with Gasteiger partial charge < -0.3 is 0 Å². The standard InChI is InChI=1S/C27H29ClO2S/c1-20-9-10-23(16-21(20)2)17-24(25-7-5-8-26(28)18-25)6-3-4-15-31(30)27-13-11-22(19-29)12-14-27/h5,7-14,16,18-19,24H,3-4,6,15,17H2,1-2H3. The second-order valence-corrected chi connectivity index (χ2v) is 10.1. The highest BCUT2D eigenvalue weighted by molar-refractivity contribution is 7.85. The van der Waals surface area contributed by atoms with Gasteiger partial charge in [-0.15, -0.1) is 0 Å². The van der Waals surface area contributed by atoms with Crippen molar-refractivity contribution in [3.05, 3.63) is 99.6 Å². The summed E-state index contributed by atoms with van der Waals surface area (Å²) in [6, 6.07) is 21.9. The number of benzene rings is 3. The minimum absolute atomic E-state index is 0.376. The largest absolute Gasteiger partial charge is 0.298 e. The molecule has 31 heavy (non-hydrogen) atoms. The van der Waals surface area contributed by atoms with Crippen molar-refractivity contribution in [1.82, 2.24) is 0 Å². The zero-order valence-electron chi connectivity index (χ0n) is 18.1. The van der Waals surface area contributed by atoms with Gasteiger partial charge in [-0.3, -0.25) is 9.00 Å². The lowest BCUT2D eigenvalue weighted by Crippen LogP contribution is -2.05. The number of hydrogen-bond donors (Lipinski definition) is 0. The Morgan fingerprint density at radius 2 is 1.71 bits per heavy atom. The molecule has 0 aromatic heterocycles. The first-order valence-corrected chi connectivity index (χ1v) is 12.4. The second kappa shape index (κ2) is 11.4. The quantitative estimate of drug-likeness (QED) is 0.243. The highest BCUT2D eigenvalue weighted by Crippen LogP contribution is 2.29. The van der Waals surface area contributed by atoms with Crippen LogP contribution in [0.15, 0.2) is 71.6 Å². The maximum atomic E-state index is 12.6. The van der Waals surface area contributed by atoms with Gasteiger partial charge in [0.05, 0.1) is 10.8 Å². The van der Waals surface area contributed by atoms with Crippen molar-refractivity contribution < 1.29 is 9.00 Å². The molecular formula is C27H29ClO2S. The van der Waals surface area contributed by atoms with Gasteiger partial charge in [0, 0.05) is 21.2 Å². The summed E-state index contributed by atoms with van der Waals surface area (Å²) in [6.07, 6.45) is 4.69. The molecule has 0 heterocycles. The molecule has 4 heteroatoms. The molecule has 162 valence electrons. The van der Waals surface area contributed by atoms with Gasteiger partial charge in [0.1, 0.15) is 6.29 Å². The number of unbranched alkanes of at least 4 members (excludes halogenated alkanes) is 1. The lowest BCUT2D eigenvalue weighted by atomic mass is 9.87. The normalized spacial score (nSPS) is 13.0. The van der Waals surface area contributed by atoms with Crippen LogP contribution >= 0.6 is 11.6 Å². The third-order valence-corrected chi connectivity index (χ3v) is 7.48. The summed E-state index contributed by atoms with van der Waals surface area (Å²) in [5, 5.41) is 0.766. The summed E-state index contributed by atoms with van der Waals surface area (Å²) in [7, 11) is -1.04. The molecular weight excluding hydrogens is 424 g/mol. The molecule has 2 atom stereocenters. The third kappa shape index (κ3) is 6.88. The number of halogens is 1. The van der Waals surface area contributed by atoms with Gasteiger partial charge in [-0.25, -0.2) is 0 Å². The minimum Gasteiger partial charge on any atom is -0.298 e. The van der Waals surface area contributed by atoms with E-state index in [0.29, 0.717) is 17.2 Å². The summed E-state index contributed by atoms with van der Waals surface area (Å²) in [5.74, 6) is 1.01. The molecule has 0 aliphatic heterocycles. The predicted molar refractivity (Wildman–Crippen MR) is 131 cm³/mol. The Morgan fingerprint density at radius 1 is 0.935 bits per heavy atom. The van der Waals surface area contributed by atoms with Gasteiger partial charge in [-0.2, -0.15) is 0 Å². The van der Waals surface area contributed by atoms with E-state index in [-0.39, 0.29) is 0 Å². The monoisotopic (exact) mass is 452 g/mol. The van der Waals surface area contributed by atoms with Crippen molar-refractivity contribution >= 4 is 28.7 Å². The van der Waals surface area contributed by atoms with Crippen LogP contribution in [0.4, 0.5) is 0 Å². The second-order valence-electron chi connectivity index (χ2n) is 8.11. The first kappa shape index (κ1) is 23.4. The number of aldehydes is 1. The highest BCUT2D eigenvalue weighted by atomic mass is 35.5. The molecule has 0 spiro atoms. The van der Waals surface area contributed by atoms with Crippen molar-refractivity contribution in [1.29, 1.82) is 0 Å². The summed E-state index contributed by atoms with van der Waals surface area (Å²) in [6.45, 7) is 4.30. The minimum atomic E-state index is -1.04. The first-order chi connectivity index (χ1) is 15.0. The Kier molecular flexibility index (Phi) is 8.62. The molecule has 0 aliphatic rings. The molecule has 0 bridgehead atoms. The Morgan fingerprint density at radius 3 is 2.39 bits per heavy atom. The topological polar surface area (TPSA) is 34.1 Å². The van der Waals surface area contributed by atoms with Gasteiger partial charge in [0.2, 0.25) is 0 Å². The average Bonchev–Trinajstić information content (AvgIpc) is 2.78. The van der Waals surface area contributed by atoms with E-state index in [4.69, 9.17) is 11.6 Å². The SMILES string of the molecule is Cc1ccc(CC(CCCCS(=O)c2ccc(C=O)cc2)c2cccc(Cl)c2)cc1C. The van der Waals surface area contributed by atoms with Gasteiger partial charge in [-0.1, -0.05) is 60.5 Å². The summed E-state index contributed by atoms with van der Waals surface area (Å²) < 4.78 is 12.6. The number of rotatable bonds is 10. The molecule has 3 rings (SSSR count). The fourth-order valence-corrected chi connectivity index (χ4v) is 5.14. The van der Waals surface area contributed by atoms with E-state index >= 15 is 0 Å². The molecule has 2 unspecified atom stereocenters. The molecule has 0 fully saturated rings. The van der Waals surface area contributed by atoms with Crippen molar-refractivity contribution in [2.75, 3.05) is 5.75 Å². The van der Waals surface area contributed by atoms with E-state index in [1.807, 2.05) is 12.1 Å². The van der Waals surface area contributed by atoms with Crippen LogP contribution in [0.1, 0.15) is 57.8 Å². The van der Waals surface area contributed by atoms with Crippen molar-refractivity contribution in [2.24, 2.45) is 0 Å². The molecule has 3 aromatic carbocycles. The van der Waals surface area contributed by atoms with Crippen LogP contribution in [0.5, 0.6) is 0 Å². The Bertz CT molecular complexity index is 1040. The van der Waals surface area contributed by atoms with E-state index in [1.54, 1.807) is 24.3 Å². The van der Waals surface area contributed by atoms with Crippen LogP contribution in [-0.2, 0) is 17.2 Å². The van der Waals surface area contributed by atoms with E-state index in [0.717, 1.165) is 41.9 Å². The Labute approximate surface area is 193 Å². The zero-order chi connectivity index (χ0) is 22.2. The molecule has 0 saturated heterocycles. The van der Waals surface area contributed by atoms with Crippen LogP contribution in [0, 0.1) is 13.8 Å². The zero-order valence-corrected chi connectivity index (χ0v) is 19.7. The average molecular weight is 453 g/mol. The van der Waals surface area contributed by atoms with E-state index in [1.165, 1.54) is 22.3 Å². The number of carbonyl (C=O) groups is 1. The first-order valence-electron chi connectivity index (χ1n) is 10.7. The maximum Gasteiger partial charge on any atom is 0.150 e. The third-order valence-electron chi connectivity index (χ3n) is 5.78. The Hall–Kier alpha value is -2.23. The van der Waals surface area contributed by atoms with Crippen LogP contribution in [-0.4, -0.2) is 16.2 Å². The van der Waals surface area contributed by atoms with Crippen LogP contribution in [0.25, 0.3) is 0 Å². The van der Waals surface area contributed by atoms with E-state index in [9.17, 15) is 9.00 Å². The predicted octanol–water partition coefficient (Wildman–Crippen LogP) is 7.07. The maximum absolute atomic E-state index is 12.6. The molecule has 0 N–H and O–H groups in total. The molecule has 3 aromatic rings. The summed E-state index contributed by atoms with van der Waals surface area (Å²) >= 11 is 6.27. The van der Waals surface area contributed by atoms with Crippen molar-refractivity contribution in [3.63, 3.8) is 0 Å². The highest BCUT2D eigenvalue weighted by Gasteiger charge is 2.14. The number of carbonyl (C=O) groups excluding carboxylic acids is 1. The van der Waals surface area contributed by atoms with Crippen LogP contribution in [0.3, 0.4) is 0 Å². The smallest absolute Gasteiger partial charge is 0.150 e. The lowest BCUT2D eigenvalue weighted by Gasteiger charge is -2.19. The molecule has 2 nitrogen and oxygen atoms in total. The molecule has 0 radical (unpaired) electrons. The molecule has 0 amide bonds. The van der Waals surface area contributed by atoms with Crippen molar-refractivity contribution in [3.8, 4) is 0 Å². The molecule has 0 saturated carbocycles. The number of hydrogen-bond acceptors (Lipinski definition) is 2. The number of aryl methyl sites for hydroxylation is 2. The van der Waals surface area contributed by atoms with E-state index < -0.39 is 10.8 Å². The summed E-state index contributed by atoms with van der Waals surface area (Å²) in [5.41, 5.74) is 5.84. The van der Waals surface area contributed by atoms with E-state index in [2.05, 4.69) is 44.2 Å². The van der Waals surface area contributed by atoms with Gasteiger partial charge in [-0.05, 0) is 85.5 Å². The summed E-state index contributed by atoms with van der Waals surface area (Å²) in [4.78, 5) is 11.6. The van der Waals surface area contributed by atoms with Gasteiger partial charge in [0.25, 0.3) is 0 Å². The fraction of sp³-hybridized carbons (Fsp3) is 0.296. The van der Waals surface area contributed by atoms with Gasteiger partial charge in [0.15, 0.2) is 0 Å². The molecule has 0 aliphatic carbocycles. The van der Waals surface area contributed by atoms with Gasteiger partial charge >= 0.3 is 0 Å². The van der Waals surface area contributed by atoms with Crippen molar-refractivity contribution in [2.45, 2.75) is 50.3 Å². The Balaban J connectivity index is 1.62. The van der Waals surface area contributed by atoms with Crippen LogP contribution < -0.4 is 0 Å². The lowest BCUT2D eigenvalue weighted by molar-refractivity contribution is 0.112. The van der Waals surface area contributed by atoms with Crippen LogP contribution in [0.2, 0.25) is 5.02 Å². The fourth-order valence-electron chi connectivity index (χ4n) is 3.80.